The topological polar surface area (TPSA) is 80.7 Å². The van der Waals surface area contributed by atoms with Gasteiger partial charge >= 0.3 is 6.18 Å². The van der Waals surface area contributed by atoms with E-state index < -0.39 is 22.4 Å². The molecule has 1 heterocycles. The molecule has 3 aromatic rings. The van der Waals surface area contributed by atoms with Crippen molar-refractivity contribution >= 4 is 40.8 Å². The molecular formula is C18H10Cl2F3N3O3. The highest BCUT2D eigenvalue weighted by Gasteiger charge is 2.33. The molecule has 0 amide bonds. The van der Waals surface area contributed by atoms with Gasteiger partial charge in [-0.25, -0.2) is 0 Å². The lowest BCUT2D eigenvalue weighted by atomic mass is 10.1. The lowest BCUT2D eigenvalue weighted by Crippen LogP contribution is -2.06. The van der Waals surface area contributed by atoms with Gasteiger partial charge in [0.1, 0.15) is 17.2 Å². The van der Waals surface area contributed by atoms with Crippen LogP contribution in [0.3, 0.4) is 0 Å². The van der Waals surface area contributed by atoms with E-state index in [4.69, 9.17) is 27.6 Å². The average Bonchev–Trinajstić information content (AvgIpc) is 3.12. The molecule has 6 nitrogen and oxygen atoms in total. The normalized spacial score (nSPS) is 11.8. The highest BCUT2D eigenvalue weighted by Crippen LogP contribution is 2.35. The number of nitrogens with zero attached hydrogens (tertiary/aromatic N) is 2. The monoisotopic (exact) mass is 443 g/mol. The van der Waals surface area contributed by atoms with Gasteiger partial charge in [-0.05, 0) is 42.5 Å². The number of furan rings is 1. The van der Waals surface area contributed by atoms with E-state index in [9.17, 15) is 23.3 Å². The largest absolute Gasteiger partial charge is 0.455 e. The summed E-state index contributed by atoms with van der Waals surface area (Å²) < 4.78 is 43.7. The van der Waals surface area contributed by atoms with E-state index in [1.807, 2.05) is 0 Å². The first-order valence-corrected chi connectivity index (χ1v) is 8.61. The van der Waals surface area contributed by atoms with Crippen LogP contribution in [0.4, 0.5) is 24.5 Å². The molecule has 3 rings (SSSR count). The summed E-state index contributed by atoms with van der Waals surface area (Å²) in [5, 5.41) is 15.6. The summed E-state index contributed by atoms with van der Waals surface area (Å²) in [6.07, 6.45) is -3.47. The zero-order valence-corrected chi connectivity index (χ0v) is 15.7. The number of nitro benzene ring substituents is 1. The van der Waals surface area contributed by atoms with Gasteiger partial charge in [0.05, 0.1) is 26.7 Å². The van der Waals surface area contributed by atoms with Crippen molar-refractivity contribution in [2.75, 3.05) is 5.43 Å². The van der Waals surface area contributed by atoms with E-state index in [-0.39, 0.29) is 5.69 Å². The standard InChI is InChI=1S/C18H10Cl2F3N3O3/c19-13-4-1-10(7-14(13)20)17-6-3-12(29-17)9-24-25-15-5-2-11(18(21,22)23)8-16(15)26(27)28/h1-9,25H/b24-9+. The third-order valence-corrected chi connectivity index (χ3v) is 4.47. The molecule has 29 heavy (non-hydrogen) atoms. The maximum absolute atomic E-state index is 12.7. The van der Waals surface area contributed by atoms with Crippen molar-refractivity contribution in [1.82, 2.24) is 0 Å². The zero-order chi connectivity index (χ0) is 21.2. The summed E-state index contributed by atoms with van der Waals surface area (Å²) in [6, 6.07) is 10.3. The molecule has 0 aliphatic rings. The lowest BCUT2D eigenvalue weighted by molar-refractivity contribution is -0.384. The number of hydrogen-bond acceptors (Lipinski definition) is 5. The van der Waals surface area contributed by atoms with Crippen LogP contribution in [0, 0.1) is 10.1 Å². The molecule has 0 aliphatic carbocycles. The third-order valence-electron chi connectivity index (χ3n) is 3.73. The zero-order valence-electron chi connectivity index (χ0n) is 14.2. The van der Waals surface area contributed by atoms with Crippen LogP contribution < -0.4 is 5.43 Å². The molecule has 1 N–H and O–H groups in total. The number of nitrogens with one attached hydrogen (secondary N) is 1. The highest BCUT2D eigenvalue weighted by atomic mass is 35.5. The molecule has 0 spiro atoms. The van der Waals surface area contributed by atoms with Gasteiger partial charge in [0.15, 0.2) is 0 Å². The summed E-state index contributed by atoms with van der Waals surface area (Å²) in [5.41, 5.74) is 0.937. The number of halogens is 5. The molecule has 0 unspecified atom stereocenters. The van der Waals surface area contributed by atoms with E-state index in [0.717, 1.165) is 12.1 Å². The minimum Gasteiger partial charge on any atom is -0.455 e. The Labute approximate surface area is 171 Å². The molecule has 0 saturated carbocycles. The van der Waals surface area contributed by atoms with Gasteiger partial charge in [0.25, 0.3) is 5.69 Å². The minimum atomic E-state index is -4.69. The fourth-order valence-electron chi connectivity index (χ4n) is 2.35. The molecular weight excluding hydrogens is 434 g/mol. The summed E-state index contributed by atoms with van der Waals surface area (Å²) in [7, 11) is 0. The quantitative estimate of drug-likeness (QED) is 0.272. The maximum Gasteiger partial charge on any atom is 0.416 e. The summed E-state index contributed by atoms with van der Waals surface area (Å²) in [5.74, 6) is 0.777. The van der Waals surface area contributed by atoms with Crippen molar-refractivity contribution < 1.29 is 22.5 Å². The van der Waals surface area contributed by atoms with Gasteiger partial charge in [-0.3, -0.25) is 15.5 Å². The van der Waals surface area contributed by atoms with Crippen molar-refractivity contribution in [3.63, 3.8) is 0 Å². The second kappa shape index (κ2) is 8.14. The molecule has 150 valence electrons. The lowest BCUT2D eigenvalue weighted by Gasteiger charge is -2.08. The van der Waals surface area contributed by atoms with Gasteiger partial charge < -0.3 is 4.42 Å². The number of hydrogen-bond donors (Lipinski definition) is 1. The predicted octanol–water partition coefficient (Wildman–Crippen LogP) is 6.63. The van der Waals surface area contributed by atoms with Crippen molar-refractivity contribution in [2.24, 2.45) is 5.10 Å². The summed E-state index contributed by atoms with van der Waals surface area (Å²) in [6.45, 7) is 0. The Kier molecular flexibility index (Phi) is 5.81. The van der Waals surface area contributed by atoms with Gasteiger partial charge in [0, 0.05) is 11.6 Å². The Bertz CT molecular complexity index is 1100. The van der Waals surface area contributed by atoms with Crippen LogP contribution in [0.5, 0.6) is 0 Å². The fourth-order valence-corrected chi connectivity index (χ4v) is 2.64. The first-order valence-electron chi connectivity index (χ1n) is 7.85. The number of hydrazone groups is 1. The first kappa shape index (κ1) is 20.7. The van der Waals surface area contributed by atoms with E-state index >= 15 is 0 Å². The molecule has 1 aromatic heterocycles. The van der Waals surface area contributed by atoms with Gasteiger partial charge in [0.2, 0.25) is 0 Å². The number of rotatable bonds is 5. The average molecular weight is 444 g/mol. The van der Waals surface area contributed by atoms with E-state index in [1.165, 1.54) is 6.21 Å². The first-order chi connectivity index (χ1) is 13.6. The molecule has 0 radical (unpaired) electrons. The van der Waals surface area contributed by atoms with Crippen LogP contribution in [-0.4, -0.2) is 11.1 Å². The van der Waals surface area contributed by atoms with Crippen LogP contribution in [0.15, 0.2) is 58.0 Å². The van der Waals surface area contributed by atoms with Crippen molar-refractivity contribution in [1.29, 1.82) is 0 Å². The second-order valence-corrected chi connectivity index (χ2v) is 6.50. The predicted molar refractivity (Wildman–Crippen MR) is 103 cm³/mol. The molecule has 0 bridgehead atoms. The van der Waals surface area contributed by atoms with Gasteiger partial charge in [-0.2, -0.15) is 18.3 Å². The van der Waals surface area contributed by atoms with Crippen LogP contribution in [0.1, 0.15) is 11.3 Å². The van der Waals surface area contributed by atoms with Crippen LogP contribution in [0.2, 0.25) is 10.0 Å². The summed E-state index contributed by atoms with van der Waals surface area (Å²) >= 11 is 11.8. The Hall–Kier alpha value is -3.04. The van der Waals surface area contributed by atoms with Crippen LogP contribution in [-0.2, 0) is 6.18 Å². The van der Waals surface area contributed by atoms with E-state index in [1.54, 1.807) is 30.3 Å². The van der Waals surface area contributed by atoms with Gasteiger partial charge in [-0.15, -0.1) is 0 Å². The van der Waals surface area contributed by atoms with Crippen LogP contribution in [0.25, 0.3) is 11.3 Å². The SMILES string of the molecule is O=[N+]([O-])c1cc(C(F)(F)F)ccc1N/N=C/c1ccc(-c2ccc(Cl)c(Cl)c2)o1. The number of anilines is 1. The Morgan fingerprint density at radius 1 is 1.07 bits per heavy atom. The van der Waals surface area contributed by atoms with E-state index in [0.29, 0.717) is 33.2 Å². The molecule has 2 aromatic carbocycles. The second-order valence-electron chi connectivity index (χ2n) is 5.69. The van der Waals surface area contributed by atoms with E-state index in [2.05, 4.69) is 10.5 Å². The smallest absolute Gasteiger partial charge is 0.416 e. The third kappa shape index (κ3) is 4.87. The molecule has 0 fully saturated rings. The number of nitro groups is 1. The minimum absolute atomic E-state index is 0.199. The number of benzene rings is 2. The molecule has 0 saturated heterocycles. The Morgan fingerprint density at radius 3 is 2.48 bits per heavy atom. The Balaban J connectivity index is 1.77. The van der Waals surface area contributed by atoms with Gasteiger partial charge in [-0.1, -0.05) is 23.2 Å². The Morgan fingerprint density at radius 2 is 1.83 bits per heavy atom. The molecule has 0 atom stereocenters. The summed E-state index contributed by atoms with van der Waals surface area (Å²) in [4.78, 5) is 10.1. The van der Waals surface area contributed by atoms with Crippen molar-refractivity contribution in [3.8, 4) is 11.3 Å². The fraction of sp³-hybridized carbons (Fsp3) is 0.0556. The highest BCUT2D eigenvalue weighted by molar-refractivity contribution is 6.42. The van der Waals surface area contributed by atoms with Crippen LogP contribution >= 0.6 is 23.2 Å². The van der Waals surface area contributed by atoms with Crippen molar-refractivity contribution in [3.05, 3.63) is 80.0 Å². The van der Waals surface area contributed by atoms with Crippen molar-refractivity contribution in [2.45, 2.75) is 6.18 Å². The maximum atomic E-state index is 12.7. The molecule has 0 aliphatic heterocycles. The number of alkyl halides is 3. The molecule has 11 heteroatoms.